The number of imide groups is 2. The van der Waals surface area contributed by atoms with E-state index in [4.69, 9.17) is 9.47 Å². The molecule has 2 atom stereocenters. The highest BCUT2D eigenvalue weighted by molar-refractivity contribution is 9.10. The molecule has 10 nitrogen and oxygen atoms in total. The topological polar surface area (TPSA) is 122 Å². The Labute approximate surface area is 348 Å². The zero-order valence-corrected chi connectivity index (χ0v) is 36.3. The van der Waals surface area contributed by atoms with Gasteiger partial charge in [-0.25, -0.2) is 4.79 Å². The first-order chi connectivity index (χ1) is 27.7. The van der Waals surface area contributed by atoms with E-state index in [9.17, 15) is 24.0 Å². The molecule has 1 N–H and O–H groups in total. The number of carbonyl (C=O) groups excluding carboxylic acids is 5. The lowest BCUT2D eigenvalue weighted by atomic mass is 9.81. The molecule has 11 heteroatoms. The predicted octanol–water partition coefficient (Wildman–Crippen LogP) is 11.0. The Balaban J connectivity index is 1.42. The summed E-state index contributed by atoms with van der Waals surface area (Å²) in [6, 6.07) is 10.9. The van der Waals surface area contributed by atoms with E-state index < -0.39 is 11.7 Å². The fourth-order valence-electron chi connectivity index (χ4n) is 8.91. The molecular formula is C47H54BrN3O7. The monoisotopic (exact) mass is 851 g/mol. The summed E-state index contributed by atoms with van der Waals surface area (Å²) in [6.07, 6.45) is 7.11. The molecule has 0 bridgehead atoms. The molecular weight excluding hydrogens is 798 g/mol. The van der Waals surface area contributed by atoms with Gasteiger partial charge < -0.3 is 14.8 Å². The zero-order valence-electron chi connectivity index (χ0n) is 34.7. The summed E-state index contributed by atoms with van der Waals surface area (Å²) in [4.78, 5) is 72.9. The lowest BCUT2D eigenvalue weighted by Crippen LogP contribution is -2.43. The molecule has 0 fully saturated rings. The summed E-state index contributed by atoms with van der Waals surface area (Å²) in [6.45, 7) is 14.7. The molecule has 0 aliphatic carbocycles. The van der Waals surface area contributed by atoms with Crippen molar-refractivity contribution in [1.29, 1.82) is 0 Å². The lowest BCUT2D eigenvalue weighted by molar-refractivity contribution is 0.0516. The van der Waals surface area contributed by atoms with Gasteiger partial charge in [0.15, 0.2) is 0 Å². The van der Waals surface area contributed by atoms with Crippen molar-refractivity contribution in [2.45, 2.75) is 105 Å². The third-order valence-corrected chi connectivity index (χ3v) is 12.5. The molecule has 2 aliphatic heterocycles. The smallest absolute Gasteiger partial charge is 0.407 e. The van der Waals surface area contributed by atoms with Crippen LogP contribution in [0.3, 0.4) is 0 Å². The van der Waals surface area contributed by atoms with Crippen LogP contribution >= 0.6 is 15.9 Å². The summed E-state index contributed by atoms with van der Waals surface area (Å²) in [5.41, 5.74) is 1.04. The number of fused-ring (bicyclic) bond motifs is 2. The molecule has 7 rings (SSSR count). The number of nitrogens with one attached hydrogen (secondary N) is 1. The van der Waals surface area contributed by atoms with Crippen LogP contribution in [0.1, 0.15) is 141 Å². The molecule has 0 saturated heterocycles. The summed E-state index contributed by atoms with van der Waals surface area (Å²) < 4.78 is 12.6. The molecule has 306 valence electrons. The third-order valence-electron chi connectivity index (χ3n) is 11.9. The number of ether oxygens (including phenoxy) is 2. The maximum absolute atomic E-state index is 14.6. The highest BCUT2D eigenvalue weighted by Gasteiger charge is 2.39. The van der Waals surface area contributed by atoms with E-state index in [0.29, 0.717) is 67.1 Å². The number of hydrogen-bond donors (Lipinski definition) is 1. The number of alkyl carbamates (subject to hydrolysis) is 1. The zero-order chi connectivity index (χ0) is 41.6. The Bertz CT molecular complexity index is 2470. The second-order valence-electron chi connectivity index (χ2n) is 17.0. The van der Waals surface area contributed by atoms with E-state index in [2.05, 4.69) is 48.9 Å². The average Bonchev–Trinajstić information content (AvgIpc) is 3.19. The molecule has 5 aromatic rings. The minimum Gasteiger partial charge on any atom is -0.491 e. The van der Waals surface area contributed by atoms with Crippen LogP contribution in [0, 0.1) is 11.8 Å². The normalized spacial score (nSPS) is 15.4. The standard InChI is InChI=1S/C47H54BrN3O7/c1-8-12-14-26(10-3)24-50-42(52)30-19-17-29-39-35(57-21-20-49-46(56)58-47(5,6)7)23-33-37-31(43(53)51(45(33)55)25-27(11-4)15-13-9-2)18-16-28(41(37)39)38-34(48)22-32(44(50)54)36(30)40(29)38/h16-19,22-23,26-27H,8-15,20-21,24-25H2,1-7H3,(H,49,56). The van der Waals surface area contributed by atoms with Gasteiger partial charge in [0.25, 0.3) is 23.6 Å². The predicted molar refractivity (Wildman–Crippen MR) is 232 cm³/mol. The third kappa shape index (κ3) is 7.28. The first-order valence-electron chi connectivity index (χ1n) is 21.0. The number of nitrogens with zero attached hydrogens (tertiary/aromatic N) is 2. The molecule has 2 unspecified atom stereocenters. The minimum absolute atomic E-state index is 0.0539. The number of benzene rings is 5. The molecule has 2 aliphatic rings. The van der Waals surface area contributed by atoms with Gasteiger partial charge in [-0.05, 0) is 80.5 Å². The van der Waals surface area contributed by atoms with Crippen molar-refractivity contribution in [3.8, 4) is 5.75 Å². The van der Waals surface area contributed by atoms with Gasteiger partial charge in [0.1, 0.15) is 18.0 Å². The van der Waals surface area contributed by atoms with Crippen molar-refractivity contribution in [1.82, 2.24) is 15.1 Å². The van der Waals surface area contributed by atoms with Gasteiger partial charge in [0, 0.05) is 66.6 Å². The summed E-state index contributed by atoms with van der Waals surface area (Å²) >= 11 is 3.84. The van der Waals surface area contributed by atoms with E-state index in [1.807, 2.05) is 18.2 Å². The van der Waals surface area contributed by atoms with Gasteiger partial charge in [0.05, 0.1) is 12.1 Å². The molecule has 2 heterocycles. The van der Waals surface area contributed by atoms with Crippen LogP contribution in [0.25, 0.3) is 43.1 Å². The number of hydrogen-bond acceptors (Lipinski definition) is 7. The molecule has 58 heavy (non-hydrogen) atoms. The van der Waals surface area contributed by atoms with Crippen LogP contribution in [0.2, 0.25) is 0 Å². The van der Waals surface area contributed by atoms with Crippen molar-refractivity contribution >= 4 is 88.7 Å². The molecule has 0 spiro atoms. The Morgan fingerprint density at radius 2 is 1.16 bits per heavy atom. The highest BCUT2D eigenvalue weighted by Crippen LogP contribution is 2.51. The second kappa shape index (κ2) is 16.5. The van der Waals surface area contributed by atoms with E-state index in [1.54, 1.807) is 39.0 Å². The van der Waals surface area contributed by atoms with Crippen LogP contribution < -0.4 is 10.1 Å². The van der Waals surface area contributed by atoms with Gasteiger partial charge in [-0.2, -0.15) is 0 Å². The van der Waals surface area contributed by atoms with Crippen LogP contribution in [-0.2, 0) is 4.74 Å². The van der Waals surface area contributed by atoms with E-state index in [1.165, 1.54) is 9.80 Å². The minimum atomic E-state index is -0.672. The van der Waals surface area contributed by atoms with Gasteiger partial charge in [0.2, 0.25) is 0 Å². The molecule has 0 aromatic heterocycles. The van der Waals surface area contributed by atoms with Gasteiger partial charge in [-0.1, -0.05) is 94.3 Å². The molecule has 5 amide bonds. The number of unbranched alkanes of at least 4 members (excludes halogenated alkanes) is 2. The maximum atomic E-state index is 14.6. The number of carbonyl (C=O) groups is 5. The van der Waals surface area contributed by atoms with Gasteiger partial charge >= 0.3 is 6.09 Å². The van der Waals surface area contributed by atoms with Crippen LogP contribution in [0.4, 0.5) is 4.79 Å². The number of amides is 5. The Hall–Kier alpha value is -4.77. The average molecular weight is 853 g/mol. The maximum Gasteiger partial charge on any atom is 0.407 e. The van der Waals surface area contributed by atoms with Gasteiger partial charge in [-0.3, -0.25) is 29.0 Å². The molecule has 0 saturated carbocycles. The number of rotatable bonds is 16. The van der Waals surface area contributed by atoms with E-state index >= 15 is 0 Å². The second-order valence-corrected chi connectivity index (χ2v) is 17.8. The summed E-state index contributed by atoms with van der Waals surface area (Å²) in [7, 11) is 0. The summed E-state index contributed by atoms with van der Waals surface area (Å²) in [5.74, 6) is -0.560. The van der Waals surface area contributed by atoms with Gasteiger partial charge in [-0.15, -0.1) is 0 Å². The van der Waals surface area contributed by atoms with E-state index in [0.717, 1.165) is 72.9 Å². The fraction of sp³-hybridized carbons (Fsp3) is 0.468. The Kier molecular flexibility index (Phi) is 11.8. The lowest BCUT2D eigenvalue weighted by Gasteiger charge is -2.33. The quantitative estimate of drug-likeness (QED) is 0.0454. The summed E-state index contributed by atoms with van der Waals surface area (Å²) in [5, 5.41) is 8.22. The number of halogens is 1. The van der Waals surface area contributed by atoms with Crippen LogP contribution in [0.15, 0.2) is 40.9 Å². The molecule has 5 aromatic carbocycles. The fourth-order valence-corrected chi connectivity index (χ4v) is 9.55. The highest BCUT2D eigenvalue weighted by atomic mass is 79.9. The largest absolute Gasteiger partial charge is 0.491 e. The Morgan fingerprint density at radius 1 is 0.672 bits per heavy atom. The van der Waals surface area contributed by atoms with Crippen molar-refractivity contribution in [2.75, 3.05) is 26.2 Å². The molecule has 0 radical (unpaired) electrons. The first-order valence-corrected chi connectivity index (χ1v) is 21.8. The SMILES string of the molecule is CCCCC(CC)CN1C(=O)c2ccc3c4c(OCCNC(=O)OC(C)(C)C)cc5c6c(ccc(c7c(Br)cc(c2c37)C1=O)c64)C(=O)N(CC(CC)CCCC)C5=O. The van der Waals surface area contributed by atoms with Crippen LogP contribution in [0.5, 0.6) is 5.75 Å². The van der Waals surface area contributed by atoms with Crippen molar-refractivity contribution in [2.24, 2.45) is 11.8 Å². The van der Waals surface area contributed by atoms with Crippen molar-refractivity contribution < 1.29 is 33.4 Å². The van der Waals surface area contributed by atoms with Crippen molar-refractivity contribution in [3.05, 3.63) is 63.1 Å². The van der Waals surface area contributed by atoms with Crippen molar-refractivity contribution in [3.63, 3.8) is 0 Å². The Morgan fingerprint density at radius 3 is 1.66 bits per heavy atom. The first kappa shape index (κ1) is 41.4. The van der Waals surface area contributed by atoms with Crippen LogP contribution in [-0.4, -0.2) is 71.4 Å². The van der Waals surface area contributed by atoms with E-state index in [-0.39, 0.29) is 48.6 Å².